The minimum atomic E-state index is 0.0554. The quantitative estimate of drug-likeness (QED) is 0.775. The lowest BCUT2D eigenvalue weighted by atomic mass is 10.00. The Bertz CT molecular complexity index is 674. The predicted octanol–water partition coefficient (Wildman–Crippen LogP) is 2.94. The third-order valence-corrected chi connectivity index (χ3v) is 3.25. The molecule has 0 amide bonds. The maximum absolute atomic E-state index is 4.51. The lowest BCUT2D eigenvalue weighted by Crippen LogP contribution is -2.19. The summed E-state index contributed by atoms with van der Waals surface area (Å²) >= 11 is 0. The molecule has 1 N–H and O–H groups in total. The number of nitrogens with zero attached hydrogens (tertiary/aromatic N) is 2. The molecule has 1 aromatic carbocycles. The summed E-state index contributed by atoms with van der Waals surface area (Å²) in [5.41, 5.74) is 3.18. The van der Waals surface area contributed by atoms with E-state index in [1.54, 1.807) is 0 Å². The van der Waals surface area contributed by atoms with Crippen LogP contribution in [-0.2, 0) is 0 Å². The Morgan fingerprint density at radius 1 is 0.895 bits per heavy atom. The zero-order valence-electron chi connectivity index (χ0n) is 10.7. The first-order valence-electron chi connectivity index (χ1n) is 6.32. The van der Waals surface area contributed by atoms with Gasteiger partial charge in [0.15, 0.2) is 0 Å². The number of para-hydroxylation sites is 1. The first-order valence-corrected chi connectivity index (χ1v) is 6.32. The van der Waals surface area contributed by atoms with Crippen LogP contribution in [0.3, 0.4) is 0 Å². The molecule has 0 bridgehead atoms. The Morgan fingerprint density at radius 3 is 2.53 bits per heavy atom. The van der Waals surface area contributed by atoms with Gasteiger partial charge in [-0.1, -0.05) is 30.3 Å². The summed E-state index contributed by atoms with van der Waals surface area (Å²) in [7, 11) is 1.95. The SMILES string of the molecule is CNC(c1ccccn1)c1cccc2cccnc12. The number of benzene rings is 1. The van der Waals surface area contributed by atoms with Gasteiger partial charge < -0.3 is 5.32 Å². The average Bonchev–Trinajstić information content (AvgIpc) is 2.49. The molecule has 2 heterocycles. The molecular weight excluding hydrogens is 234 g/mol. The van der Waals surface area contributed by atoms with Gasteiger partial charge in [0, 0.05) is 23.3 Å². The van der Waals surface area contributed by atoms with Gasteiger partial charge in [-0.15, -0.1) is 0 Å². The molecule has 0 aliphatic carbocycles. The van der Waals surface area contributed by atoms with E-state index in [-0.39, 0.29) is 6.04 Å². The highest BCUT2D eigenvalue weighted by molar-refractivity contribution is 5.82. The van der Waals surface area contributed by atoms with E-state index in [0.717, 1.165) is 22.2 Å². The third-order valence-electron chi connectivity index (χ3n) is 3.25. The monoisotopic (exact) mass is 249 g/mol. The summed E-state index contributed by atoms with van der Waals surface area (Å²) in [4.78, 5) is 8.95. The summed E-state index contributed by atoms with van der Waals surface area (Å²) < 4.78 is 0. The second kappa shape index (κ2) is 5.16. The number of hydrogen-bond acceptors (Lipinski definition) is 3. The number of rotatable bonds is 3. The van der Waals surface area contributed by atoms with Crippen LogP contribution in [0.25, 0.3) is 10.9 Å². The van der Waals surface area contributed by atoms with Crippen LogP contribution in [0, 0.1) is 0 Å². The Labute approximate surface area is 112 Å². The fraction of sp³-hybridized carbons (Fsp3) is 0.125. The van der Waals surface area contributed by atoms with Crippen LogP contribution in [0.5, 0.6) is 0 Å². The Hall–Kier alpha value is -2.26. The fourth-order valence-electron chi connectivity index (χ4n) is 2.37. The highest BCUT2D eigenvalue weighted by Crippen LogP contribution is 2.26. The maximum atomic E-state index is 4.51. The molecule has 0 aliphatic heterocycles. The molecule has 19 heavy (non-hydrogen) atoms. The normalized spacial score (nSPS) is 12.5. The van der Waals surface area contributed by atoms with Gasteiger partial charge in [0.05, 0.1) is 17.3 Å². The van der Waals surface area contributed by atoms with E-state index < -0.39 is 0 Å². The molecule has 0 fully saturated rings. The second-order valence-corrected chi connectivity index (χ2v) is 4.40. The first-order chi connectivity index (χ1) is 9.40. The molecule has 3 aromatic rings. The van der Waals surface area contributed by atoms with Crippen molar-refractivity contribution < 1.29 is 0 Å². The van der Waals surface area contributed by atoms with Crippen LogP contribution in [0.15, 0.2) is 60.9 Å². The molecule has 1 atom stereocenters. The topological polar surface area (TPSA) is 37.8 Å². The molecule has 2 aromatic heterocycles. The number of fused-ring (bicyclic) bond motifs is 1. The molecular formula is C16H15N3. The van der Waals surface area contributed by atoms with Gasteiger partial charge in [-0.05, 0) is 25.2 Å². The summed E-state index contributed by atoms with van der Waals surface area (Å²) in [5, 5.41) is 4.47. The number of nitrogens with one attached hydrogen (secondary N) is 1. The summed E-state index contributed by atoms with van der Waals surface area (Å²) in [5.74, 6) is 0. The van der Waals surface area contributed by atoms with E-state index in [2.05, 4.69) is 39.6 Å². The maximum Gasteiger partial charge on any atom is 0.0770 e. The van der Waals surface area contributed by atoms with Crippen LogP contribution >= 0.6 is 0 Å². The van der Waals surface area contributed by atoms with Crippen LogP contribution in [-0.4, -0.2) is 17.0 Å². The highest BCUT2D eigenvalue weighted by Gasteiger charge is 2.15. The van der Waals surface area contributed by atoms with E-state index in [9.17, 15) is 0 Å². The van der Waals surface area contributed by atoms with Crippen molar-refractivity contribution in [2.75, 3.05) is 7.05 Å². The summed E-state index contributed by atoms with van der Waals surface area (Å²) in [6.45, 7) is 0. The van der Waals surface area contributed by atoms with Crippen LogP contribution < -0.4 is 5.32 Å². The van der Waals surface area contributed by atoms with E-state index in [0.29, 0.717) is 0 Å². The van der Waals surface area contributed by atoms with Gasteiger partial charge in [0.25, 0.3) is 0 Å². The molecule has 0 aliphatic rings. The molecule has 0 radical (unpaired) electrons. The van der Waals surface area contributed by atoms with E-state index in [1.165, 1.54) is 0 Å². The second-order valence-electron chi connectivity index (χ2n) is 4.40. The number of hydrogen-bond donors (Lipinski definition) is 1. The lowest BCUT2D eigenvalue weighted by Gasteiger charge is -2.17. The van der Waals surface area contributed by atoms with Crippen molar-refractivity contribution in [3.8, 4) is 0 Å². The number of pyridine rings is 2. The van der Waals surface area contributed by atoms with E-state index in [1.807, 2.05) is 43.7 Å². The van der Waals surface area contributed by atoms with E-state index >= 15 is 0 Å². The minimum absolute atomic E-state index is 0.0554. The van der Waals surface area contributed by atoms with Crippen molar-refractivity contribution >= 4 is 10.9 Å². The van der Waals surface area contributed by atoms with Crippen molar-refractivity contribution in [1.82, 2.24) is 15.3 Å². The zero-order chi connectivity index (χ0) is 13.1. The first kappa shape index (κ1) is 11.8. The van der Waals surface area contributed by atoms with Crippen molar-refractivity contribution in [1.29, 1.82) is 0 Å². The van der Waals surface area contributed by atoms with Crippen LogP contribution in [0.1, 0.15) is 17.3 Å². The van der Waals surface area contributed by atoms with Gasteiger partial charge in [-0.2, -0.15) is 0 Å². The summed E-state index contributed by atoms with van der Waals surface area (Å²) in [6.07, 6.45) is 3.65. The molecule has 1 unspecified atom stereocenters. The Balaban J connectivity index is 2.17. The predicted molar refractivity (Wildman–Crippen MR) is 76.9 cm³/mol. The smallest absolute Gasteiger partial charge is 0.0770 e. The lowest BCUT2D eigenvalue weighted by molar-refractivity contribution is 0.674. The zero-order valence-corrected chi connectivity index (χ0v) is 10.7. The van der Waals surface area contributed by atoms with Crippen LogP contribution in [0.2, 0.25) is 0 Å². The van der Waals surface area contributed by atoms with Crippen molar-refractivity contribution in [3.05, 3.63) is 72.2 Å². The molecule has 0 spiro atoms. The Kier molecular flexibility index (Phi) is 3.21. The van der Waals surface area contributed by atoms with Gasteiger partial charge in [0.1, 0.15) is 0 Å². The Morgan fingerprint density at radius 2 is 1.74 bits per heavy atom. The number of aromatic nitrogens is 2. The molecule has 3 nitrogen and oxygen atoms in total. The van der Waals surface area contributed by atoms with Gasteiger partial charge in [-0.3, -0.25) is 9.97 Å². The van der Waals surface area contributed by atoms with Crippen molar-refractivity contribution in [2.45, 2.75) is 6.04 Å². The van der Waals surface area contributed by atoms with Gasteiger partial charge in [0.2, 0.25) is 0 Å². The average molecular weight is 249 g/mol. The van der Waals surface area contributed by atoms with Gasteiger partial charge in [-0.25, -0.2) is 0 Å². The molecule has 3 rings (SSSR count). The molecule has 94 valence electrons. The van der Waals surface area contributed by atoms with Gasteiger partial charge >= 0.3 is 0 Å². The van der Waals surface area contributed by atoms with E-state index in [4.69, 9.17) is 0 Å². The largest absolute Gasteiger partial charge is 0.308 e. The standard InChI is InChI=1S/C16H15N3/c1-17-16(14-9-2-3-10-18-14)13-8-4-6-12-7-5-11-19-15(12)13/h2-11,16-17H,1H3. The fourth-order valence-corrected chi connectivity index (χ4v) is 2.37. The molecule has 0 saturated carbocycles. The molecule has 0 saturated heterocycles. The molecule has 3 heteroatoms. The van der Waals surface area contributed by atoms with Crippen molar-refractivity contribution in [2.24, 2.45) is 0 Å². The minimum Gasteiger partial charge on any atom is -0.308 e. The van der Waals surface area contributed by atoms with Crippen molar-refractivity contribution in [3.63, 3.8) is 0 Å². The third kappa shape index (κ3) is 2.20. The highest BCUT2D eigenvalue weighted by atomic mass is 14.9. The summed E-state index contributed by atoms with van der Waals surface area (Å²) in [6, 6.07) is 16.3. The van der Waals surface area contributed by atoms with Crippen LogP contribution in [0.4, 0.5) is 0 Å².